The summed E-state index contributed by atoms with van der Waals surface area (Å²) >= 11 is 0. The lowest BCUT2D eigenvalue weighted by molar-refractivity contribution is 0.0600. The van der Waals surface area contributed by atoms with Crippen LogP contribution in [-0.2, 0) is 22.7 Å². The predicted molar refractivity (Wildman–Crippen MR) is 133 cm³/mol. The molecule has 7 nitrogen and oxygen atoms in total. The van der Waals surface area contributed by atoms with E-state index in [0.29, 0.717) is 18.8 Å². The minimum atomic E-state index is -0.348. The Hall–Kier alpha value is -4.10. The van der Waals surface area contributed by atoms with Gasteiger partial charge >= 0.3 is 5.97 Å². The lowest BCUT2D eigenvalue weighted by atomic mass is 10.1. The van der Waals surface area contributed by atoms with Crippen molar-refractivity contribution in [3.63, 3.8) is 0 Å². The van der Waals surface area contributed by atoms with Crippen LogP contribution in [0, 0.1) is 0 Å². The number of aromatic nitrogens is 2. The molecule has 3 heterocycles. The molecule has 1 fully saturated rings. The average Bonchev–Trinajstić information content (AvgIpc) is 3.36. The SMILES string of the molecule is COC(=O)c1ccccc1-n1ccc(N2CC(Oc3ccc(COCc4cccnc4)cc3)C2)c1. The number of hydrogen-bond acceptors (Lipinski definition) is 6. The summed E-state index contributed by atoms with van der Waals surface area (Å²) in [5, 5.41) is 0. The lowest BCUT2D eigenvalue weighted by Gasteiger charge is -2.40. The number of carbonyl (C=O) groups excluding carboxylic acids is 1. The van der Waals surface area contributed by atoms with Gasteiger partial charge in [-0.15, -0.1) is 0 Å². The van der Waals surface area contributed by atoms with Gasteiger partial charge in [-0.2, -0.15) is 0 Å². The van der Waals surface area contributed by atoms with Crippen LogP contribution in [0.3, 0.4) is 0 Å². The van der Waals surface area contributed by atoms with Gasteiger partial charge in [0.15, 0.2) is 0 Å². The Kier molecular flexibility index (Phi) is 6.77. The van der Waals surface area contributed by atoms with E-state index in [9.17, 15) is 4.79 Å². The van der Waals surface area contributed by atoms with Gasteiger partial charge in [-0.05, 0) is 47.5 Å². The van der Waals surface area contributed by atoms with Crippen molar-refractivity contribution in [1.29, 1.82) is 0 Å². The number of methoxy groups -OCH3 is 1. The van der Waals surface area contributed by atoms with E-state index in [1.807, 2.05) is 83.8 Å². The van der Waals surface area contributed by atoms with Crippen LogP contribution in [0.15, 0.2) is 91.5 Å². The van der Waals surface area contributed by atoms with E-state index in [2.05, 4.69) is 9.88 Å². The van der Waals surface area contributed by atoms with Crippen LogP contribution in [-0.4, -0.2) is 41.8 Å². The molecule has 1 saturated heterocycles. The highest BCUT2D eigenvalue weighted by Crippen LogP contribution is 2.27. The molecule has 7 heteroatoms. The fourth-order valence-electron chi connectivity index (χ4n) is 4.05. The van der Waals surface area contributed by atoms with E-state index >= 15 is 0 Å². The number of nitrogens with zero attached hydrogens (tertiary/aromatic N) is 3. The number of hydrogen-bond donors (Lipinski definition) is 0. The van der Waals surface area contributed by atoms with Crippen molar-refractivity contribution in [2.24, 2.45) is 0 Å². The molecule has 0 radical (unpaired) electrons. The predicted octanol–water partition coefficient (Wildman–Crippen LogP) is 4.64. The fraction of sp³-hybridized carbons (Fsp3) is 0.214. The minimum Gasteiger partial charge on any atom is -0.487 e. The molecule has 5 rings (SSSR count). The van der Waals surface area contributed by atoms with Crippen molar-refractivity contribution in [3.8, 4) is 11.4 Å². The Balaban J connectivity index is 1.11. The molecule has 0 amide bonds. The van der Waals surface area contributed by atoms with Crippen molar-refractivity contribution in [3.05, 3.63) is 108 Å². The Morgan fingerprint density at radius 1 is 0.971 bits per heavy atom. The topological polar surface area (TPSA) is 65.8 Å². The highest BCUT2D eigenvalue weighted by molar-refractivity contribution is 5.93. The number of carbonyl (C=O) groups is 1. The summed E-state index contributed by atoms with van der Waals surface area (Å²) in [5.41, 5.74) is 4.58. The first kappa shape index (κ1) is 22.7. The number of esters is 1. The molecule has 0 unspecified atom stereocenters. The molecular formula is C28H27N3O4. The summed E-state index contributed by atoms with van der Waals surface area (Å²) in [6, 6.07) is 21.4. The van der Waals surface area contributed by atoms with Gasteiger partial charge in [0.2, 0.25) is 0 Å². The summed E-state index contributed by atoms with van der Waals surface area (Å²) in [5.74, 6) is 0.509. The molecule has 0 bridgehead atoms. The normalized spacial score (nSPS) is 13.3. The standard InChI is InChI=1S/C28H27N3O4/c1-33-28(32)26-6-2-3-7-27(26)30-14-12-23(16-30)31-17-25(18-31)35-24-10-8-21(9-11-24)19-34-20-22-5-4-13-29-15-22/h2-16,25H,17-20H2,1H3. The molecule has 2 aromatic heterocycles. The Morgan fingerprint density at radius 2 is 1.77 bits per heavy atom. The van der Waals surface area contributed by atoms with Crippen molar-refractivity contribution in [2.75, 3.05) is 25.1 Å². The number of pyridine rings is 1. The molecular weight excluding hydrogens is 442 g/mol. The Bertz CT molecular complexity index is 1260. The fourth-order valence-corrected chi connectivity index (χ4v) is 4.05. The van der Waals surface area contributed by atoms with Gasteiger partial charge < -0.3 is 23.7 Å². The first-order valence-electron chi connectivity index (χ1n) is 11.5. The van der Waals surface area contributed by atoms with Crippen LogP contribution < -0.4 is 9.64 Å². The van der Waals surface area contributed by atoms with Gasteiger partial charge in [0.1, 0.15) is 11.9 Å². The maximum atomic E-state index is 12.1. The average molecular weight is 470 g/mol. The first-order chi connectivity index (χ1) is 17.2. The van der Waals surface area contributed by atoms with Crippen molar-refractivity contribution >= 4 is 11.7 Å². The van der Waals surface area contributed by atoms with E-state index in [0.717, 1.165) is 41.3 Å². The third kappa shape index (κ3) is 5.36. The molecule has 0 aliphatic carbocycles. The first-order valence-corrected chi connectivity index (χ1v) is 11.5. The third-order valence-corrected chi connectivity index (χ3v) is 5.96. The maximum absolute atomic E-state index is 12.1. The smallest absolute Gasteiger partial charge is 0.339 e. The number of benzene rings is 2. The molecule has 0 N–H and O–H groups in total. The van der Waals surface area contributed by atoms with Crippen molar-refractivity contribution in [2.45, 2.75) is 19.3 Å². The van der Waals surface area contributed by atoms with Crippen LogP contribution in [0.2, 0.25) is 0 Å². The van der Waals surface area contributed by atoms with Crippen LogP contribution in [0.25, 0.3) is 5.69 Å². The van der Waals surface area contributed by atoms with Crippen LogP contribution in [0.4, 0.5) is 5.69 Å². The van der Waals surface area contributed by atoms with Crippen molar-refractivity contribution < 1.29 is 19.0 Å². The molecule has 0 spiro atoms. The number of anilines is 1. The van der Waals surface area contributed by atoms with Gasteiger partial charge in [0, 0.05) is 24.8 Å². The summed E-state index contributed by atoms with van der Waals surface area (Å²) in [7, 11) is 1.39. The molecule has 1 aliphatic rings. The van der Waals surface area contributed by atoms with Crippen molar-refractivity contribution in [1.82, 2.24) is 9.55 Å². The zero-order chi connectivity index (χ0) is 24.0. The Labute approximate surface area is 204 Å². The summed E-state index contributed by atoms with van der Waals surface area (Å²) in [6.07, 6.45) is 7.69. The van der Waals surface area contributed by atoms with E-state index in [1.165, 1.54) is 7.11 Å². The number of rotatable bonds is 9. The van der Waals surface area contributed by atoms with Gasteiger partial charge in [-0.25, -0.2) is 4.79 Å². The summed E-state index contributed by atoms with van der Waals surface area (Å²) in [4.78, 5) is 18.4. The van der Waals surface area contributed by atoms with Crippen LogP contribution in [0.5, 0.6) is 5.75 Å². The molecule has 2 aromatic carbocycles. The molecule has 35 heavy (non-hydrogen) atoms. The zero-order valence-electron chi connectivity index (χ0n) is 19.5. The monoisotopic (exact) mass is 469 g/mol. The Morgan fingerprint density at radius 3 is 2.54 bits per heavy atom. The molecule has 1 aliphatic heterocycles. The van der Waals surface area contributed by atoms with E-state index in [-0.39, 0.29) is 12.1 Å². The quantitative estimate of drug-likeness (QED) is 0.333. The third-order valence-electron chi connectivity index (χ3n) is 5.96. The second kappa shape index (κ2) is 10.4. The lowest BCUT2D eigenvalue weighted by Crippen LogP contribution is -2.53. The molecule has 0 saturated carbocycles. The second-order valence-corrected chi connectivity index (χ2v) is 8.43. The maximum Gasteiger partial charge on any atom is 0.339 e. The summed E-state index contributed by atoms with van der Waals surface area (Å²) in [6.45, 7) is 2.69. The highest BCUT2D eigenvalue weighted by atomic mass is 16.5. The minimum absolute atomic E-state index is 0.133. The van der Waals surface area contributed by atoms with E-state index in [1.54, 1.807) is 12.3 Å². The van der Waals surface area contributed by atoms with Crippen LogP contribution in [0.1, 0.15) is 21.5 Å². The van der Waals surface area contributed by atoms with Gasteiger partial charge in [0.25, 0.3) is 0 Å². The van der Waals surface area contributed by atoms with Crippen LogP contribution >= 0.6 is 0 Å². The van der Waals surface area contributed by atoms with Gasteiger partial charge in [-0.3, -0.25) is 4.98 Å². The van der Waals surface area contributed by atoms with Gasteiger partial charge in [0.05, 0.1) is 50.4 Å². The van der Waals surface area contributed by atoms with E-state index < -0.39 is 0 Å². The largest absolute Gasteiger partial charge is 0.487 e. The molecule has 0 atom stereocenters. The summed E-state index contributed by atoms with van der Waals surface area (Å²) < 4.78 is 18.8. The van der Waals surface area contributed by atoms with E-state index in [4.69, 9.17) is 14.2 Å². The second-order valence-electron chi connectivity index (χ2n) is 8.43. The highest BCUT2D eigenvalue weighted by Gasteiger charge is 2.29. The van der Waals surface area contributed by atoms with Gasteiger partial charge in [-0.1, -0.05) is 30.3 Å². The number of para-hydroxylation sites is 1. The number of ether oxygens (including phenoxy) is 3. The zero-order valence-corrected chi connectivity index (χ0v) is 19.5. The molecule has 178 valence electrons. The molecule has 4 aromatic rings.